The summed E-state index contributed by atoms with van der Waals surface area (Å²) in [5.74, 6) is -0.887. The number of aliphatic hydroxyl groups is 2. The molecular formula is C9H16O5. The van der Waals surface area contributed by atoms with Crippen molar-refractivity contribution >= 4 is 11.8 Å². The highest BCUT2D eigenvalue weighted by atomic mass is 16.5. The standard InChI is InChI=1S/C9H16O5/c1-7(12)5-9(6-11,3-4-10)8(13)14-2/h10-11H,3-6H2,1-2H3. The number of esters is 1. The third-order valence-electron chi connectivity index (χ3n) is 2.10. The number of carbonyl (C=O) groups is 2. The minimum Gasteiger partial charge on any atom is -0.469 e. The van der Waals surface area contributed by atoms with Crippen LogP contribution < -0.4 is 0 Å². The number of rotatable bonds is 6. The van der Waals surface area contributed by atoms with E-state index in [1.165, 1.54) is 14.0 Å². The second-order valence-electron chi connectivity index (χ2n) is 3.28. The number of hydrogen-bond donors (Lipinski definition) is 2. The molecule has 0 saturated carbocycles. The fraction of sp³-hybridized carbons (Fsp3) is 0.778. The lowest BCUT2D eigenvalue weighted by Crippen LogP contribution is -2.38. The molecule has 0 fully saturated rings. The SMILES string of the molecule is COC(=O)C(CO)(CCO)CC(C)=O. The second-order valence-corrected chi connectivity index (χ2v) is 3.28. The van der Waals surface area contributed by atoms with Gasteiger partial charge in [0.15, 0.2) is 0 Å². The summed E-state index contributed by atoms with van der Waals surface area (Å²) in [5.41, 5.74) is -1.28. The number of hydrogen-bond acceptors (Lipinski definition) is 5. The van der Waals surface area contributed by atoms with Crippen LogP contribution in [-0.4, -0.2) is 42.3 Å². The quantitative estimate of drug-likeness (QED) is 0.570. The molecule has 5 nitrogen and oxygen atoms in total. The molecule has 1 atom stereocenters. The molecule has 82 valence electrons. The maximum atomic E-state index is 11.3. The van der Waals surface area contributed by atoms with E-state index < -0.39 is 18.0 Å². The van der Waals surface area contributed by atoms with Gasteiger partial charge in [-0.05, 0) is 13.3 Å². The van der Waals surface area contributed by atoms with Crippen LogP contribution in [0.5, 0.6) is 0 Å². The molecule has 0 spiro atoms. The number of ether oxygens (including phenoxy) is 1. The molecule has 2 N–H and O–H groups in total. The van der Waals surface area contributed by atoms with Gasteiger partial charge in [0.25, 0.3) is 0 Å². The van der Waals surface area contributed by atoms with Crippen molar-refractivity contribution in [2.75, 3.05) is 20.3 Å². The van der Waals surface area contributed by atoms with Crippen LogP contribution in [0.3, 0.4) is 0 Å². The normalized spacial score (nSPS) is 14.6. The molecule has 1 unspecified atom stereocenters. The van der Waals surface area contributed by atoms with Crippen LogP contribution >= 0.6 is 0 Å². The van der Waals surface area contributed by atoms with Crippen molar-refractivity contribution in [2.45, 2.75) is 19.8 Å². The van der Waals surface area contributed by atoms with Gasteiger partial charge in [-0.25, -0.2) is 0 Å². The molecule has 0 bridgehead atoms. The summed E-state index contributed by atoms with van der Waals surface area (Å²) in [5, 5.41) is 17.9. The second kappa shape index (κ2) is 5.72. The van der Waals surface area contributed by atoms with Crippen LogP contribution in [0.25, 0.3) is 0 Å². The first kappa shape index (κ1) is 13.1. The summed E-state index contributed by atoms with van der Waals surface area (Å²) in [6.45, 7) is 0.549. The zero-order valence-corrected chi connectivity index (χ0v) is 8.45. The minimum atomic E-state index is -1.28. The Morgan fingerprint density at radius 2 is 1.93 bits per heavy atom. The van der Waals surface area contributed by atoms with E-state index in [9.17, 15) is 9.59 Å². The Kier molecular flexibility index (Phi) is 5.34. The van der Waals surface area contributed by atoms with Crippen molar-refractivity contribution in [3.63, 3.8) is 0 Å². The number of aliphatic hydroxyl groups excluding tert-OH is 2. The molecule has 0 rings (SSSR count). The van der Waals surface area contributed by atoms with E-state index in [1.54, 1.807) is 0 Å². The van der Waals surface area contributed by atoms with Crippen molar-refractivity contribution in [3.8, 4) is 0 Å². The summed E-state index contributed by atoms with van der Waals surface area (Å²) >= 11 is 0. The fourth-order valence-electron chi connectivity index (χ4n) is 1.37. The van der Waals surface area contributed by atoms with Crippen molar-refractivity contribution < 1.29 is 24.5 Å². The van der Waals surface area contributed by atoms with E-state index >= 15 is 0 Å². The average Bonchev–Trinajstić information content (AvgIpc) is 2.15. The molecule has 5 heteroatoms. The maximum absolute atomic E-state index is 11.3. The summed E-state index contributed by atoms with van der Waals surface area (Å²) in [6, 6.07) is 0. The van der Waals surface area contributed by atoms with E-state index in [2.05, 4.69) is 4.74 Å². The predicted octanol–water partition coefficient (Wildman–Crippen LogP) is -0.500. The molecule has 0 saturated heterocycles. The summed E-state index contributed by atoms with van der Waals surface area (Å²) in [7, 11) is 1.18. The first-order valence-electron chi connectivity index (χ1n) is 4.32. The number of ketones is 1. The van der Waals surface area contributed by atoms with E-state index in [-0.39, 0.29) is 25.2 Å². The highest BCUT2D eigenvalue weighted by molar-refractivity contribution is 5.85. The molecule has 0 aromatic rings. The first-order chi connectivity index (χ1) is 6.52. The molecule has 0 amide bonds. The van der Waals surface area contributed by atoms with E-state index in [1.807, 2.05) is 0 Å². The van der Waals surface area contributed by atoms with Crippen molar-refractivity contribution in [2.24, 2.45) is 5.41 Å². The lowest BCUT2D eigenvalue weighted by molar-refractivity contribution is -0.159. The predicted molar refractivity (Wildman–Crippen MR) is 48.5 cm³/mol. The molecule has 0 aromatic carbocycles. The Balaban J connectivity index is 4.76. The Labute approximate surface area is 82.7 Å². The molecular weight excluding hydrogens is 188 g/mol. The average molecular weight is 204 g/mol. The lowest BCUT2D eigenvalue weighted by Gasteiger charge is -2.26. The fourth-order valence-corrected chi connectivity index (χ4v) is 1.37. The van der Waals surface area contributed by atoms with Gasteiger partial charge in [0.1, 0.15) is 5.78 Å². The van der Waals surface area contributed by atoms with Crippen LogP contribution in [0.1, 0.15) is 19.8 Å². The van der Waals surface area contributed by atoms with Crippen LogP contribution in [-0.2, 0) is 14.3 Å². The van der Waals surface area contributed by atoms with Crippen LogP contribution in [0.4, 0.5) is 0 Å². The number of carbonyl (C=O) groups excluding carboxylic acids is 2. The van der Waals surface area contributed by atoms with Crippen LogP contribution in [0, 0.1) is 5.41 Å². The van der Waals surface area contributed by atoms with Gasteiger partial charge in [0, 0.05) is 13.0 Å². The Hall–Kier alpha value is -0.940. The topological polar surface area (TPSA) is 83.8 Å². The zero-order valence-electron chi connectivity index (χ0n) is 8.45. The third kappa shape index (κ3) is 3.08. The highest BCUT2D eigenvalue weighted by Gasteiger charge is 2.39. The maximum Gasteiger partial charge on any atom is 0.314 e. The number of Topliss-reactive ketones (excluding diaryl/α,β-unsaturated/α-hetero) is 1. The summed E-state index contributed by atoms with van der Waals surface area (Å²) < 4.78 is 4.50. The first-order valence-corrected chi connectivity index (χ1v) is 4.32. The summed E-state index contributed by atoms with van der Waals surface area (Å²) in [4.78, 5) is 22.3. The Morgan fingerprint density at radius 1 is 1.36 bits per heavy atom. The molecule has 0 aliphatic rings. The lowest BCUT2D eigenvalue weighted by atomic mass is 9.81. The van der Waals surface area contributed by atoms with E-state index in [0.29, 0.717) is 0 Å². The zero-order chi connectivity index (χ0) is 11.2. The molecule has 0 aliphatic carbocycles. The van der Waals surface area contributed by atoms with Gasteiger partial charge in [-0.3, -0.25) is 9.59 Å². The molecule has 14 heavy (non-hydrogen) atoms. The van der Waals surface area contributed by atoms with Gasteiger partial charge in [-0.1, -0.05) is 0 Å². The smallest absolute Gasteiger partial charge is 0.314 e. The molecule has 0 heterocycles. The van der Waals surface area contributed by atoms with Gasteiger partial charge in [-0.15, -0.1) is 0 Å². The Morgan fingerprint density at radius 3 is 2.21 bits per heavy atom. The molecule has 0 aromatic heterocycles. The van der Waals surface area contributed by atoms with Gasteiger partial charge in [0.05, 0.1) is 19.1 Å². The van der Waals surface area contributed by atoms with E-state index in [4.69, 9.17) is 10.2 Å². The van der Waals surface area contributed by atoms with Crippen LogP contribution in [0.2, 0.25) is 0 Å². The van der Waals surface area contributed by atoms with Crippen molar-refractivity contribution in [1.29, 1.82) is 0 Å². The summed E-state index contributed by atoms with van der Waals surface area (Å²) in [6.07, 6.45) is -0.0908. The third-order valence-corrected chi connectivity index (χ3v) is 2.10. The van der Waals surface area contributed by atoms with Crippen LogP contribution in [0.15, 0.2) is 0 Å². The van der Waals surface area contributed by atoms with Crippen molar-refractivity contribution in [1.82, 2.24) is 0 Å². The van der Waals surface area contributed by atoms with Gasteiger partial charge in [0.2, 0.25) is 0 Å². The highest BCUT2D eigenvalue weighted by Crippen LogP contribution is 2.27. The van der Waals surface area contributed by atoms with Crippen molar-refractivity contribution in [3.05, 3.63) is 0 Å². The molecule has 0 aliphatic heterocycles. The van der Waals surface area contributed by atoms with E-state index in [0.717, 1.165) is 0 Å². The Bertz CT molecular complexity index is 213. The largest absolute Gasteiger partial charge is 0.469 e. The minimum absolute atomic E-state index is 0.0236. The number of methoxy groups -OCH3 is 1. The monoisotopic (exact) mass is 204 g/mol. The molecule has 0 radical (unpaired) electrons. The van der Waals surface area contributed by atoms with Gasteiger partial charge < -0.3 is 14.9 Å². The van der Waals surface area contributed by atoms with Gasteiger partial charge >= 0.3 is 5.97 Å². The van der Waals surface area contributed by atoms with Gasteiger partial charge in [-0.2, -0.15) is 0 Å².